The van der Waals surface area contributed by atoms with E-state index in [9.17, 15) is 4.79 Å². The quantitative estimate of drug-likeness (QED) is 0.346. The predicted molar refractivity (Wildman–Crippen MR) is 123 cm³/mol. The van der Waals surface area contributed by atoms with Gasteiger partial charge < -0.3 is 9.47 Å². The minimum Gasteiger partial charge on any atom is -0.426 e. The van der Waals surface area contributed by atoms with E-state index in [1.807, 2.05) is 25.1 Å². The van der Waals surface area contributed by atoms with E-state index in [0.29, 0.717) is 31.0 Å². The summed E-state index contributed by atoms with van der Waals surface area (Å²) in [7, 11) is 0. The third kappa shape index (κ3) is 6.96. The van der Waals surface area contributed by atoms with Gasteiger partial charge in [0, 0.05) is 37.1 Å². The standard InChI is InChI=1S/C26H37NO3/c1-7-29-18-22-13-14-26(30-21(6)28)25(17-22)24(23-11-9-8-10-12-23)15-16-27(19(2)3)20(4)5/h8-14,17,19-20,24H,7,15-16,18H2,1-6H3. The first-order chi connectivity index (χ1) is 14.3. The summed E-state index contributed by atoms with van der Waals surface area (Å²) >= 11 is 0. The maximum atomic E-state index is 11.8. The Hall–Kier alpha value is -2.17. The normalized spacial score (nSPS) is 12.6. The molecule has 0 N–H and O–H groups in total. The first-order valence-corrected chi connectivity index (χ1v) is 11.0. The van der Waals surface area contributed by atoms with Crippen LogP contribution in [-0.2, 0) is 16.1 Å². The van der Waals surface area contributed by atoms with Crippen molar-refractivity contribution >= 4 is 5.97 Å². The molecule has 0 aliphatic heterocycles. The molecule has 1 unspecified atom stereocenters. The van der Waals surface area contributed by atoms with Gasteiger partial charge in [-0.2, -0.15) is 0 Å². The molecule has 0 amide bonds. The molecule has 0 radical (unpaired) electrons. The van der Waals surface area contributed by atoms with Gasteiger partial charge in [0.2, 0.25) is 0 Å². The van der Waals surface area contributed by atoms with Gasteiger partial charge in [0.05, 0.1) is 6.61 Å². The zero-order valence-corrected chi connectivity index (χ0v) is 19.4. The van der Waals surface area contributed by atoms with E-state index in [2.05, 4.69) is 62.9 Å². The highest BCUT2D eigenvalue weighted by Crippen LogP contribution is 2.36. The summed E-state index contributed by atoms with van der Waals surface area (Å²) in [4.78, 5) is 14.3. The lowest BCUT2D eigenvalue weighted by molar-refractivity contribution is -0.131. The molecule has 0 bridgehead atoms. The summed E-state index contributed by atoms with van der Waals surface area (Å²) in [6.45, 7) is 14.6. The number of ether oxygens (including phenoxy) is 2. The van der Waals surface area contributed by atoms with Crippen molar-refractivity contribution in [1.82, 2.24) is 4.90 Å². The highest BCUT2D eigenvalue weighted by molar-refractivity contribution is 5.70. The molecule has 0 heterocycles. The van der Waals surface area contributed by atoms with Crippen LogP contribution in [0.3, 0.4) is 0 Å². The minimum absolute atomic E-state index is 0.127. The van der Waals surface area contributed by atoms with Crippen molar-refractivity contribution in [2.75, 3.05) is 13.2 Å². The molecule has 0 saturated carbocycles. The van der Waals surface area contributed by atoms with Gasteiger partial charge in [0.1, 0.15) is 5.75 Å². The first kappa shape index (κ1) is 24.1. The summed E-state index contributed by atoms with van der Waals surface area (Å²) in [5, 5.41) is 0. The number of benzene rings is 2. The lowest BCUT2D eigenvalue weighted by atomic mass is 9.86. The highest BCUT2D eigenvalue weighted by Gasteiger charge is 2.23. The van der Waals surface area contributed by atoms with Gasteiger partial charge in [-0.05, 0) is 70.8 Å². The molecular weight excluding hydrogens is 374 g/mol. The number of hydrogen-bond acceptors (Lipinski definition) is 4. The molecule has 2 rings (SSSR count). The van der Waals surface area contributed by atoms with Crippen molar-refractivity contribution in [3.63, 3.8) is 0 Å². The minimum atomic E-state index is -0.299. The molecule has 164 valence electrons. The van der Waals surface area contributed by atoms with E-state index in [-0.39, 0.29) is 11.9 Å². The Bertz CT molecular complexity index is 778. The Kier molecular flexibility index (Phi) is 9.54. The van der Waals surface area contributed by atoms with Gasteiger partial charge in [0.25, 0.3) is 0 Å². The highest BCUT2D eigenvalue weighted by atomic mass is 16.5. The number of carbonyl (C=O) groups excluding carboxylic acids is 1. The van der Waals surface area contributed by atoms with Crippen LogP contribution in [0.15, 0.2) is 48.5 Å². The zero-order valence-electron chi connectivity index (χ0n) is 19.4. The molecule has 1 atom stereocenters. The molecule has 0 aliphatic carbocycles. The van der Waals surface area contributed by atoms with Gasteiger partial charge >= 0.3 is 5.97 Å². The summed E-state index contributed by atoms with van der Waals surface area (Å²) < 4.78 is 11.2. The molecule has 0 aliphatic rings. The number of nitrogens with zero attached hydrogens (tertiary/aromatic N) is 1. The zero-order chi connectivity index (χ0) is 22.1. The Balaban J connectivity index is 2.46. The maximum Gasteiger partial charge on any atom is 0.308 e. The van der Waals surface area contributed by atoms with Gasteiger partial charge in [-0.1, -0.05) is 36.4 Å². The van der Waals surface area contributed by atoms with E-state index in [1.54, 1.807) is 0 Å². The molecule has 0 spiro atoms. The van der Waals surface area contributed by atoms with Crippen LogP contribution in [0.1, 0.15) is 70.6 Å². The van der Waals surface area contributed by atoms with Gasteiger partial charge in [-0.25, -0.2) is 0 Å². The molecule has 4 heteroatoms. The second kappa shape index (κ2) is 11.9. The van der Waals surface area contributed by atoms with Crippen LogP contribution >= 0.6 is 0 Å². The fourth-order valence-corrected chi connectivity index (χ4v) is 4.01. The summed E-state index contributed by atoms with van der Waals surface area (Å²) in [6, 6.07) is 17.5. The van der Waals surface area contributed by atoms with Gasteiger partial charge in [-0.15, -0.1) is 0 Å². The van der Waals surface area contributed by atoms with Crippen molar-refractivity contribution in [3.8, 4) is 5.75 Å². The monoisotopic (exact) mass is 411 g/mol. The van der Waals surface area contributed by atoms with Crippen LogP contribution < -0.4 is 4.74 Å². The average Bonchev–Trinajstić information content (AvgIpc) is 2.70. The molecule has 30 heavy (non-hydrogen) atoms. The Morgan fingerprint density at radius 1 is 1.00 bits per heavy atom. The summed E-state index contributed by atoms with van der Waals surface area (Å²) in [6.07, 6.45) is 0.937. The van der Waals surface area contributed by atoms with E-state index < -0.39 is 0 Å². The van der Waals surface area contributed by atoms with Gasteiger partial charge in [-0.3, -0.25) is 9.69 Å². The first-order valence-electron chi connectivity index (χ1n) is 11.0. The van der Waals surface area contributed by atoms with E-state index >= 15 is 0 Å². The van der Waals surface area contributed by atoms with Crippen molar-refractivity contribution in [1.29, 1.82) is 0 Å². The van der Waals surface area contributed by atoms with Crippen LogP contribution in [-0.4, -0.2) is 36.1 Å². The number of carbonyl (C=O) groups is 1. The van der Waals surface area contributed by atoms with E-state index in [4.69, 9.17) is 9.47 Å². The maximum absolute atomic E-state index is 11.8. The predicted octanol–water partition coefficient (Wildman–Crippen LogP) is 5.79. The molecule has 2 aromatic carbocycles. The Morgan fingerprint density at radius 3 is 2.23 bits per heavy atom. The van der Waals surface area contributed by atoms with Crippen LogP contribution in [0.4, 0.5) is 0 Å². The van der Waals surface area contributed by atoms with Gasteiger partial charge in [0.15, 0.2) is 0 Å². The van der Waals surface area contributed by atoms with Crippen LogP contribution in [0, 0.1) is 0 Å². The molecule has 0 aromatic heterocycles. The number of rotatable bonds is 11. The van der Waals surface area contributed by atoms with E-state index in [1.165, 1.54) is 12.5 Å². The van der Waals surface area contributed by atoms with Crippen molar-refractivity contribution in [2.24, 2.45) is 0 Å². The topological polar surface area (TPSA) is 38.8 Å². The third-order valence-electron chi connectivity index (χ3n) is 5.38. The van der Waals surface area contributed by atoms with Crippen molar-refractivity contribution in [2.45, 2.75) is 72.6 Å². The lowest BCUT2D eigenvalue weighted by Gasteiger charge is -2.32. The Morgan fingerprint density at radius 2 is 1.67 bits per heavy atom. The SMILES string of the molecule is CCOCc1ccc(OC(C)=O)c(C(CCN(C(C)C)C(C)C)c2ccccc2)c1. The van der Waals surface area contributed by atoms with E-state index in [0.717, 1.165) is 24.1 Å². The van der Waals surface area contributed by atoms with Crippen LogP contribution in [0.2, 0.25) is 0 Å². The lowest BCUT2D eigenvalue weighted by Crippen LogP contribution is -2.38. The largest absolute Gasteiger partial charge is 0.426 e. The molecule has 2 aromatic rings. The smallest absolute Gasteiger partial charge is 0.308 e. The molecular formula is C26H37NO3. The van der Waals surface area contributed by atoms with Crippen LogP contribution in [0.5, 0.6) is 5.75 Å². The second-order valence-corrected chi connectivity index (χ2v) is 8.28. The fourth-order valence-electron chi connectivity index (χ4n) is 4.01. The van der Waals surface area contributed by atoms with Crippen molar-refractivity contribution in [3.05, 3.63) is 65.2 Å². The summed E-state index contributed by atoms with van der Waals surface area (Å²) in [5.74, 6) is 0.464. The fraction of sp³-hybridized carbons (Fsp3) is 0.500. The molecule has 0 fully saturated rings. The summed E-state index contributed by atoms with van der Waals surface area (Å²) in [5.41, 5.74) is 3.36. The number of hydrogen-bond donors (Lipinski definition) is 0. The van der Waals surface area contributed by atoms with Crippen LogP contribution in [0.25, 0.3) is 0 Å². The Labute approximate surface area is 182 Å². The van der Waals surface area contributed by atoms with Crippen molar-refractivity contribution < 1.29 is 14.3 Å². The third-order valence-corrected chi connectivity index (χ3v) is 5.38. The second-order valence-electron chi connectivity index (χ2n) is 8.28. The molecule has 0 saturated heterocycles. The molecule has 4 nitrogen and oxygen atoms in total. The number of esters is 1. The average molecular weight is 412 g/mol.